The van der Waals surface area contributed by atoms with Gasteiger partial charge in [-0.1, -0.05) is 13.3 Å². The van der Waals surface area contributed by atoms with Crippen LogP contribution >= 0.6 is 0 Å². The Labute approximate surface area is 117 Å². The Balaban J connectivity index is 1.87. The van der Waals surface area contributed by atoms with Crippen LogP contribution < -0.4 is 5.32 Å². The SMILES string of the molecule is CCCN(Cc1cnn(CC)c1)CC1CCCCN1. The van der Waals surface area contributed by atoms with Gasteiger partial charge in [0, 0.05) is 37.4 Å². The Morgan fingerprint density at radius 1 is 1.42 bits per heavy atom. The lowest BCUT2D eigenvalue weighted by molar-refractivity contribution is 0.217. The van der Waals surface area contributed by atoms with E-state index < -0.39 is 0 Å². The fraction of sp³-hybridized carbons (Fsp3) is 0.800. The van der Waals surface area contributed by atoms with E-state index in [1.165, 1.54) is 50.9 Å². The van der Waals surface area contributed by atoms with Gasteiger partial charge in [0.15, 0.2) is 0 Å². The molecule has 1 saturated heterocycles. The second kappa shape index (κ2) is 7.65. The Morgan fingerprint density at radius 2 is 2.32 bits per heavy atom. The molecule has 1 unspecified atom stereocenters. The van der Waals surface area contributed by atoms with E-state index in [4.69, 9.17) is 0 Å². The van der Waals surface area contributed by atoms with E-state index in [1.807, 2.05) is 10.9 Å². The van der Waals surface area contributed by atoms with E-state index in [9.17, 15) is 0 Å². The number of hydrogen-bond acceptors (Lipinski definition) is 3. The molecule has 4 heteroatoms. The van der Waals surface area contributed by atoms with E-state index >= 15 is 0 Å². The third-order valence-electron chi connectivity index (χ3n) is 3.85. The molecule has 0 amide bonds. The van der Waals surface area contributed by atoms with Crippen molar-refractivity contribution in [1.82, 2.24) is 20.0 Å². The summed E-state index contributed by atoms with van der Waals surface area (Å²) < 4.78 is 2.01. The van der Waals surface area contributed by atoms with Crippen LogP contribution in [0.4, 0.5) is 0 Å². The van der Waals surface area contributed by atoms with Crippen molar-refractivity contribution in [2.24, 2.45) is 0 Å². The monoisotopic (exact) mass is 264 g/mol. The molecule has 1 aromatic rings. The number of piperidine rings is 1. The van der Waals surface area contributed by atoms with Crippen molar-refractivity contribution in [2.75, 3.05) is 19.6 Å². The number of hydrogen-bond donors (Lipinski definition) is 1. The molecule has 1 fully saturated rings. The first-order valence-corrected chi connectivity index (χ1v) is 7.79. The Kier molecular flexibility index (Phi) is 5.86. The highest BCUT2D eigenvalue weighted by Crippen LogP contribution is 2.11. The lowest BCUT2D eigenvalue weighted by atomic mass is 10.0. The molecule has 2 rings (SSSR count). The molecule has 0 saturated carbocycles. The van der Waals surface area contributed by atoms with Crippen molar-refractivity contribution in [3.63, 3.8) is 0 Å². The van der Waals surface area contributed by atoms with E-state index in [-0.39, 0.29) is 0 Å². The largest absolute Gasteiger partial charge is 0.313 e. The van der Waals surface area contributed by atoms with Crippen LogP contribution in [0.15, 0.2) is 12.4 Å². The molecule has 108 valence electrons. The van der Waals surface area contributed by atoms with Crippen molar-refractivity contribution < 1.29 is 0 Å². The van der Waals surface area contributed by atoms with Crippen LogP contribution in [-0.2, 0) is 13.1 Å². The van der Waals surface area contributed by atoms with Gasteiger partial charge in [0.2, 0.25) is 0 Å². The molecule has 0 aliphatic carbocycles. The second-order valence-corrected chi connectivity index (χ2v) is 5.59. The summed E-state index contributed by atoms with van der Waals surface area (Å²) in [5.74, 6) is 0. The summed E-state index contributed by atoms with van der Waals surface area (Å²) in [5.41, 5.74) is 1.34. The lowest BCUT2D eigenvalue weighted by Gasteiger charge is -2.30. The molecule has 1 aliphatic heterocycles. The van der Waals surface area contributed by atoms with Gasteiger partial charge < -0.3 is 5.32 Å². The zero-order chi connectivity index (χ0) is 13.5. The lowest BCUT2D eigenvalue weighted by Crippen LogP contribution is -2.43. The topological polar surface area (TPSA) is 33.1 Å². The van der Waals surface area contributed by atoms with E-state index in [0.29, 0.717) is 6.04 Å². The molecular formula is C15H28N4. The summed E-state index contributed by atoms with van der Waals surface area (Å²) in [7, 11) is 0. The van der Waals surface area contributed by atoms with Gasteiger partial charge in [-0.15, -0.1) is 0 Å². The van der Waals surface area contributed by atoms with Crippen molar-refractivity contribution in [3.05, 3.63) is 18.0 Å². The van der Waals surface area contributed by atoms with Gasteiger partial charge in [0.05, 0.1) is 6.20 Å². The maximum atomic E-state index is 4.37. The van der Waals surface area contributed by atoms with Crippen LogP contribution in [-0.4, -0.2) is 40.4 Å². The molecule has 0 aromatic carbocycles. The molecule has 1 N–H and O–H groups in total. The molecule has 0 radical (unpaired) electrons. The second-order valence-electron chi connectivity index (χ2n) is 5.59. The van der Waals surface area contributed by atoms with Crippen LogP contribution in [0.3, 0.4) is 0 Å². The fourth-order valence-corrected chi connectivity index (χ4v) is 2.86. The van der Waals surface area contributed by atoms with E-state index in [1.54, 1.807) is 0 Å². The zero-order valence-electron chi connectivity index (χ0n) is 12.4. The van der Waals surface area contributed by atoms with Crippen molar-refractivity contribution >= 4 is 0 Å². The predicted octanol–water partition coefficient (Wildman–Crippen LogP) is 2.26. The normalized spacial score (nSPS) is 20.1. The van der Waals surface area contributed by atoms with Crippen LogP contribution in [0.2, 0.25) is 0 Å². The smallest absolute Gasteiger partial charge is 0.0534 e. The Morgan fingerprint density at radius 3 is 2.95 bits per heavy atom. The molecule has 0 bridgehead atoms. The third kappa shape index (κ3) is 4.62. The van der Waals surface area contributed by atoms with Crippen molar-refractivity contribution in [3.8, 4) is 0 Å². The highest BCUT2D eigenvalue weighted by atomic mass is 15.3. The Bertz CT molecular complexity index is 355. The first kappa shape index (κ1) is 14.5. The van der Waals surface area contributed by atoms with Gasteiger partial charge in [0.25, 0.3) is 0 Å². The van der Waals surface area contributed by atoms with E-state index in [2.05, 4.69) is 35.4 Å². The number of aromatic nitrogens is 2. The first-order chi connectivity index (χ1) is 9.31. The number of nitrogens with zero attached hydrogens (tertiary/aromatic N) is 3. The molecule has 19 heavy (non-hydrogen) atoms. The Hall–Kier alpha value is -0.870. The van der Waals surface area contributed by atoms with Crippen LogP contribution in [0, 0.1) is 0 Å². The molecule has 1 atom stereocenters. The maximum Gasteiger partial charge on any atom is 0.0534 e. The summed E-state index contributed by atoms with van der Waals surface area (Å²) in [4.78, 5) is 2.57. The quantitative estimate of drug-likeness (QED) is 0.820. The number of nitrogens with one attached hydrogen (secondary N) is 1. The van der Waals surface area contributed by atoms with Crippen LogP contribution in [0.5, 0.6) is 0 Å². The highest BCUT2D eigenvalue weighted by molar-refractivity contribution is 5.03. The van der Waals surface area contributed by atoms with Crippen molar-refractivity contribution in [2.45, 2.75) is 58.7 Å². The van der Waals surface area contributed by atoms with Gasteiger partial charge in [-0.2, -0.15) is 5.10 Å². The summed E-state index contributed by atoms with van der Waals surface area (Å²) in [5, 5.41) is 8.02. The number of aryl methyl sites for hydroxylation is 1. The van der Waals surface area contributed by atoms with Gasteiger partial charge in [-0.05, 0) is 39.3 Å². The molecule has 1 aromatic heterocycles. The minimum absolute atomic E-state index is 0.682. The van der Waals surface area contributed by atoms with E-state index in [0.717, 1.165) is 13.1 Å². The standard InChI is InChI=1S/C15H28N4/c1-3-9-18(13-15-7-5-6-8-16-15)11-14-10-17-19(4-2)12-14/h10,12,15-16H,3-9,11,13H2,1-2H3. The van der Waals surface area contributed by atoms with Crippen molar-refractivity contribution in [1.29, 1.82) is 0 Å². The molecular weight excluding hydrogens is 236 g/mol. The highest BCUT2D eigenvalue weighted by Gasteiger charge is 2.16. The molecule has 1 aliphatic rings. The van der Waals surface area contributed by atoms with Gasteiger partial charge in [-0.3, -0.25) is 9.58 Å². The average molecular weight is 264 g/mol. The molecule has 4 nitrogen and oxygen atoms in total. The third-order valence-corrected chi connectivity index (χ3v) is 3.85. The minimum atomic E-state index is 0.682. The summed E-state index contributed by atoms with van der Waals surface area (Å²) >= 11 is 0. The zero-order valence-corrected chi connectivity index (χ0v) is 12.4. The van der Waals surface area contributed by atoms with Gasteiger partial charge in [-0.25, -0.2) is 0 Å². The maximum absolute atomic E-state index is 4.37. The van der Waals surface area contributed by atoms with Crippen LogP contribution in [0.25, 0.3) is 0 Å². The summed E-state index contributed by atoms with van der Waals surface area (Å²) in [6, 6.07) is 0.682. The average Bonchev–Trinajstić information content (AvgIpc) is 2.88. The van der Waals surface area contributed by atoms with Crippen LogP contribution in [0.1, 0.15) is 45.1 Å². The molecule has 0 spiro atoms. The first-order valence-electron chi connectivity index (χ1n) is 7.79. The number of rotatable bonds is 7. The van der Waals surface area contributed by atoms with Gasteiger partial charge >= 0.3 is 0 Å². The summed E-state index contributed by atoms with van der Waals surface area (Å²) in [6.07, 6.45) is 9.46. The molecule has 2 heterocycles. The summed E-state index contributed by atoms with van der Waals surface area (Å²) in [6.45, 7) is 9.92. The predicted molar refractivity (Wildman–Crippen MR) is 79.1 cm³/mol. The minimum Gasteiger partial charge on any atom is -0.313 e. The fourth-order valence-electron chi connectivity index (χ4n) is 2.86. The van der Waals surface area contributed by atoms with Gasteiger partial charge in [0.1, 0.15) is 0 Å².